The number of carbonyl (C=O) groups excluding carboxylic acids is 1. The average Bonchev–Trinajstić information content (AvgIpc) is 2.43. The number of hydrogen-bond donors (Lipinski definition) is 1. The van der Waals surface area contributed by atoms with Crippen molar-refractivity contribution in [3.8, 4) is 5.75 Å². The molecule has 0 aliphatic rings. The Kier molecular flexibility index (Phi) is 8.12. The van der Waals surface area contributed by atoms with Crippen LogP contribution in [0.15, 0.2) is 18.2 Å². The van der Waals surface area contributed by atoms with Gasteiger partial charge in [-0.05, 0) is 31.2 Å². The standard InChI is InChI=1S/C15H23ClN2O3/c1-18(11-15(19)17-7-4-8-20-2)10-12-5-6-14(21-3)13(16)9-12/h5-6,9H,4,7-8,10-11H2,1-3H3,(H,17,19). The first-order valence-electron chi connectivity index (χ1n) is 6.83. The molecule has 0 radical (unpaired) electrons. The summed E-state index contributed by atoms with van der Waals surface area (Å²) >= 11 is 6.08. The molecule has 118 valence electrons. The summed E-state index contributed by atoms with van der Waals surface area (Å²) < 4.78 is 10.0. The molecule has 0 aliphatic heterocycles. The van der Waals surface area contributed by atoms with Gasteiger partial charge in [0, 0.05) is 26.8 Å². The zero-order valence-electron chi connectivity index (χ0n) is 12.8. The van der Waals surface area contributed by atoms with Crippen LogP contribution < -0.4 is 10.1 Å². The number of nitrogens with one attached hydrogen (secondary N) is 1. The first kappa shape index (κ1) is 17.8. The number of nitrogens with zero attached hydrogens (tertiary/aromatic N) is 1. The van der Waals surface area contributed by atoms with Crippen LogP contribution in [0.2, 0.25) is 5.02 Å². The summed E-state index contributed by atoms with van der Waals surface area (Å²) in [6, 6.07) is 5.63. The molecule has 0 atom stereocenters. The fraction of sp³-hybridized carbons (Fsp3) is 0.533. The summed E-state index contributed by atoms with van der Waals surface area (Å²) in [7, 11) is 5.13. The molecule has 0 unspecified atom stereocenters. The largest absolute Gasteiger partial charge is 0.495 e. The van der Waals surface area contributed by atoms with Gasteiger partial charge in [-0.3, -0.25) is 9.69 Å². The van der Waals surface area contributed by atoms with Crippen LogP contribution in [0.3, 0.4) is 0 Å². The molecule has 0 bridgehead atoms. The quantitative estimate of drug-likeness (QED) is 0.708. The maximum absolute atomic E-state index is 11.7. The van der Waals surface area contributed by atoms with Gasteiger partial charge in [0.2, 0.25) is 5.91 Å². The van der Waals surface area contributed by atoms with Crippen molar-refractivity contribution in [1.29, 1.82) is 0 Å². The molecule has 1 aromatic rings. The van der Waals surface area contributed by atoms with Crippen LogP contribution in [-0.4, -0.2) is 51.8 Å². The van der Waals surface area contributed by atoms with Gasteiger partial charge in [-0.15, -0.1) is 0 Å². The molecule has 1 rings (SSSR count). The lowest BCUT2D eigenvalue weighted by atomic mass is 10.2. The molecule has 5 nitrogen and oxygen atoms in total. The highest BCUT2D eigenvalue weighted by molar-refractivity contribution is 6.32. The minimum absolute atomic E-state index is 0.00760. The third-order valence-corrected chi connectivity index (χ3v) is 3.22. The van der Waals surface area contributed by atoms with Crippen molar-refractivity contribution >= 4 is 17.5 Å². The Bertz CT molecular complexity index is 455. The van der Waals surface area contributed by atoms with Crippen molar-refractivity contribution in [2.24, 2.45) is 0 Å². The molecule has 21 heavy (non-hydrogen) atoms. The molecule has 1 N–H and O–H groups in total. The summed E-state index contributed by atoms with van der Waals surface area (Å²) in [5.74, 6) is 0.659. The van der Waals surface area contributed by atoms with E-state index in [-0.39, 0.29) is 5.91 Å². The summed E-state index contributed by atoms with van der Waals surface area (Å²) in [5, 5.41) is 3.43. The number of benzene rings is 1. The van der Waals surface area contributed by atoms with Crippen molar-refractivity contribution in [3.63, 3.8) is 0 Å². The number of likely N-dealkylation sites (N-methyl/N-ethyl adjacent to an activating group) is 1. The van der Waals surface area contributed by atoms with Crippen molar-refractivity contribution in [3.05, 3.63) is 28.8 Å². The summed E-state index contributed by atoms with van der Waals surface area (Å²) in [5.41, 5.74) is 1.04. The molecule has 0 saturated carbocycles. The van der Waals surface area contributed by atoms with Crippen molar-refractivity contribution in [2.45, 2.75) is 13.0 Å². The predicted molar refractivity (Wildman–Crippen MR) is 83.8 cm³/mol. The van der Waals surface area contributed by atoms with Gasteiger partial charge in [-0.25, -0.2) is 0 Å². The van der Waals surface area contributed by atoms with Crippen molar-refractivity contribution < 1.29 is 14.3 Å². The topological polar surface area (TPSA) is 50.8 Å². The van der Waals surface area contributed by atoms with Gasteiger partial charge in [-0.1, -0.05) is 17.7 Å². The fourth-order valence-corrected chi connectivity index (χ4v) is 2.20. The Balaban J connectivity index is 2.37. The second kappa shape index (κ2) is 9.60. The summed E-state index contributed by atoms with van der Waals surface area (Å²) in [6.07, 6.45) is 0.819. The number of halogens is 1. The Morgan fingerprint density at radius 3 is 2.76 bits per heavy atom. The smallest absolute Gasteiger partial charge is 0.234 e. The number of hydrogen-bond acceptors (Lipinski definition) is 4. The average molecular weight is 315 g/mol. The summed E-state index contributed by atoms with van der Waals surface area (Å²) in [4.78, 5) is 13.7. The minimum atomic E-state index is 0.00760. The second-order valence-corrected chi connectivity index (χ2v) is 5.24. The van der Waals surface area contributed by atoms with Gasteiger partial charge in [0.15, 0.2) is 0 Å². The van der Waals surface area contributed by atoms with E-state index in [1.54, 1.807) is 14.2 Å². The van der Waals surface area contributed by atoms with Gasteiger partial charge in [0.25, 0.3) is 0 Å². The molecule has 0 spiro atoms. The van der Waals surface area contributed by atoms with Gasteiger partial charge in [0.1, 0.15) is 5.75 Å². The number of methoxy groups -OCH3 is 2. The Labute approximate surface area is 131 Å². The van der Waals surface area contributed by atoms with E-state index in [2.05, 4.69) is 5.32 Å². The van der Waals surface area contributed by atoms with Crippen LogP contribution in [-0.2, 0) is 16.1 Å². The Morgan fingerprint density at radius 1 is 1.38 bits per heavy atom. The number of ether oxygens (including phenoxy) is 2. The molecule has 1 amide bonds. The molecule has 6 heteroatoms. The van der Waals surface area contributed by atoms with Crippen molar-refractivity contribution in [1.82, 2.24) is 10.2 Å². The summed E-state index contributed by atoms with van der Waals surface area (Å²) in [6.45, 7) is 2.28. The van der Waals surface area contributed by atoms with Gasteiger partial charge in [0.05, 0.1) is 18.7 Å². The Hall–Kier alpha value is -1.30. The van der Waals surface area contributed by atoms with E-state index in [0.29, 0.717) is 37.0 Å². The number of rotatable bonds is 9. The molecule has 0 aliphatic carbocycles. The Morgan fingerprint density at radius 2 is 2.14 bits per heavy atom. The fourth-order valence-electron chi connectivity index (χ4n) is 1.92. The van der Waals surface area contributed by atoms with E-state index in [0.717, 1.165) is 12.0 Å². The maximum atomic E-state index is 11.7. The molecular formula is C15H23ClN2O3. The van der Waals surface area contributed by atoms with E-state index in [1.807, 2.05) is 30.1 Å². The number of amides is 1. The van der Waals surface area contributed by atoms with E-state index in [1.165, 1.54) is 0 Å². The molecule has 0 saturated heterocycles. The SMILES string of the molecule is COCCCNC(=O)CN(C)Cc1ccc(OC)c(Cl)c1. The van der Waals surface area contributed by atoms with E-state index in [4.69, 9.17) is 21.1 Å². The minimum Gasteiger partial charge on any atom is -0.495 e. The molecular weight excluding hydrogens is 292 g/mol. The van der Waals surface area contributed by atoms with Gasteiger partial charge < -0.3 is 14.8 Å². The van der Waals surface area contributed by atoms with Crippen molar-refractivity contribution in [2.75, 3.05) is 41.0 Å². The molecule has 0 aromatic heterocycles. The van der Waals surface area contributed by atoms with E-state index in [9.17, 15) is 4.79 Å². The lowest BCUT2D eigenvalue weighted by Crippen LogP contribution is -2.35. The predicted octanol–water partition coefficient (Wildman–Crippen LogP) is 1.93. The normalized spacial score (nSPS) is 10.7. The zero-order chi connectivity index (χ0) is 15.7. The van der Waals surface area contributed by atoms with Crippen LogP contribution in [0.1, 0.15) is 12.0 Å². The molecule has 0 heterocycles. The zero-order valence-corrected chi connectivity index (χ0v) is 13.6. The lowest BCUT2D eigenvalue weighted by Gasteiger charge is -2.17. The van der Waals surface area contributed by atoms with E-state index < -0.39 is 0 Å². The second-order valence-electron chi connectivity index (χ2n) is 4.84. The van der Waals surface area contributed by atoms with Crippen LogP contribution in [0.4, 0.5) is 0 Å². The number of carbonyl (C=O) groups is 1. The molecule has 0 fully saturated rings. The monoisotopic (exact) mass is 314 g/mol. The highest BCUT2D eigenvalue weighted by atomic mass is 35.5. The molecule has 1 aromatic carbocycles. The maximum Gasteiger partial charge on any atom is 0.234 e. The third kappa shape index (κ3) is 6.80. The third-order valence-electron chi connectivity index (χ3n) is 2.93. The van der Waals surface area contributed by atoms with Gasteiger partial charge in [-0.2, -0.15) is 0 Å². The highest BCUT2D eigenvalue weighted by Crippen LogP contribution is 2.25. The lowest BCUT2D eigenvalue weighted by molar-refractivity contribution is -0.122. The highest BCUT2D eigenvalue weighted by Gasteiger charge is 2.08. The van der Waals surface area contributed by atoms with Crippen LogP contribution in [0.25, 0.3) is 0 Å². The van der Waals surface area contributed by atoms with E-state index >= 15 is 0 Å². The first-order chi connectivity index (χ1) is 10.1. The van der Waals surface area contributed by atoms with Crippen LogP contribution in [0.5, 0.6) is 5.75 Å². The van der Waals surface area contributed by atoms with Crippen LogP contribution in [0, 0.1) is 0 Å². The first-order valence-corrected chi connectivity index (χ1v) is 7.21. The van der Waals surface area contributed by atoms with Crippen LogP contribution >= 0.6 is 11.6 Å². The van der Waals surface area contributed by atoms with Gasteiger partial charge >= 0.3 is 0 Å².